The predicted octanol–water partition coefficient (Wildman–Crippen LogP) is 1.98. The molecular formula is C13H20N4O2. The Kier molecular flexibility index (Phi) is 4.57. The largest absolute Gasteiger partial charge is 0.393 e. The minimum atomic E-state index is -0.465. The lowest BCUT2D eigenvalue weighted by Gasteiger charge is -2.22. The highest BCUT2D eigenvalue weighted by Gasteiger charge is 2.13. The Morgan fingerprint density at radius 3 is 3.00 bits per heavy atom. The van der Waals surface area contributed by atoms with Gasteiger partial charge in [0.15, 0.2) is 0 Å². The summed E-state index contributed by atoms with van der Waals surface area (Å²) in [4.78, 5) is 10.2. The molecule has 1 fully saturated rings. The van der Waals surface area contributed by atoms with Crippen LogP contribution in [0.15, 0.2) is 18.2 Å². The van der Waals surface area contributed by atoms with Crippen LogP contribution in [0.1, 0.15) is 19.3 Å². The molecule has 1 saturated heterocycles. The Balaban J connectivity index is 1.82. The number of nitrogens with zero attached hydrogens (tertiary/aromatic N) is 1. The second-order valence-electron chi connectivity index (χ2n) is 4.96. The number of nitro groups is 1. The monoisotopic (exact) mass is 264 g/mol. The average molecular weight is 264 g/mol. The summed E-state index contributed by atoms with van der Waals surface area (Å²) >= 11 is 0. The van der Waals surface area contributed by atoms with Crippen molar-refractivity contribution in [3.8, 4) is 0 Å². The standard InChI is InChI=1S/C13H20N4O2/c14-12-8-11(3-4-13(12)17(18)19)16-7-5-10-2-1-6-15-9-10/h3-4,8,10,15-16H,1-2,5-7,9,14H2. The summed E-state index contributed by atoms with van der Waals surface area (Å²) in [5.41, 5.74) is 6.65. The van der Waals surface area contributed by atoms with E-state index in [1.165, 1.54) is 18.9 Å². The van der Waals surface area contributed by atoms with Gasteiger partial charge in [-0.3, -0.25) is 10.1 Å². The number of benzene rings is 1. The van der Waals surface area contributed by atoms with Gasteiger partial charge in [-0.25, -0.2) is 0 Å². The number of nitrogens with one attached hydrogen (secondary N) is 2. The quantitative estimate of drug-likeness (QED) is 0.429. The zero-order valence-electron chi connectivity index (χ0n) is 10.9. The first-order valence-electron chi connectivity index (χ1n) is 6.65. The van der Waals surface area contributed by atoms with E-state index in [4.69, 9.17) is 5.73 Å². The molecule has 4 N–H and O–H groups in total. The maximum atomic E-state index is 10.7. The number of anilines is 2. The van der Waals surface area contributed by atoms with Crippen molar-refractivity contribution in [1.29, 1.82) is 0 Å². The van der Waals surface area contributed by atoms with Gasteiger partial charge in [0.05, 0.1) is 4.92 Å². The Bertz CT molecular complexity index is 444. The number of rotatable bonds is 5. The van der Waals surface area contributed by atoms with Gasteiger partial charge in [-0.15, -0.1) is 0 Å². The Labute approximate surface area is 112 Å². The Hall–Kier alpha value is -1.82. The van der Waals surface area contributed by atoms with Gasteiger partial charge >= 0.3 is 0 Å². The molecule has 6 nitrogen and oxygen atoms in total. The molecule has 1 aliphatic heterocycles. The fourth-order valence-electron chi connectivity index (χ4n) is 2.42. The number of piperidine rings is 1. The van der Waals surface area contributed by atoms with Crippen LogP contribution in [0.3, 0.4) is 0 Å². The summed E-state index contributed by atoms with van der Waals surface area (Å²) in [5, 5.41) is 17.3. The maximum absolute atomic E-state index is 10.7. The molecular weight excluding hydrogens is 244 g/mol. The summed E-state index contributed by atoms with van der Waals surface area (Å²) in [5.74, 6) is 0.719. The van der Waals surface area contributed by atoms with E-state index in [0.29, 0.717) is 0 Å². The molecule has 6 heteroatoms. The summed E-state index contributed by atoms with van der Waals surface area (Å²) in [6.07, 6.45) is 3.62. The lowest BCUT2D eigenvalue weighted by atomic mass is 9.96. The van der Waals surface area contributed by atoms with Crippen molar-refractivity contribution in [2.24, 2.45) is 5.92 Å². The van der Waals surface area contributed by atoms with Crippen molar-refractivity contribution in [2.45, 2.75) is 19.3 Å². The smallest absolute Gasteiger partial charge is 0.292 e. The lowest BCUT2D eigenvalue weighted by molar-refractivity contribution is -0.383. The van der Waals surface area contributed by atoms with Crippen molar-refractivity contribution in [3.63, 3.8) is 0 Å². The van der Waals surface area contributed by atoms with Crippen LogP contribution in [0.25, 0.3) is 0 Å². The van der Waals surface area contributed by atoms with Gasteiger partial charge in [0.25, 0.3) is 5.69 Å². The van der Waals surface area contributed by atoms with Crippen LogP contribution in [-0.4, -0.2) is 24.6 Å². The summed E-state index contributed by atoms with van der Waals surface area (Å²) in [7, 11) is 0. The molecule has 0 radical (unpaired) electrons. The van der Waals surface area contributed by atoms with E-state index in [9.17, 15) is 10.1 Å². The topological polar surface area (TPSA) is 93.2 Å². The molecule has 1 aromatic rings. The van der Waals surface area contributed by atoms with Crippen LogP contribution >= 0.6 is 0 Å². The minimum Gasteiger partial charge on any atom is -0.393 e. The fraction of sp³-hybridized carbons (Fsp3) is 0.538. The number of hydrogen-bond acceptors (Lipinski definition) is 5. The lowest BCUT2D eigenvalue weighted by Crippen LogP contribution is -2.30. The Morgan fingerprint density at radius 1 is 1.53 bits per heavy atom. The molecule has 0 aromatic heterocycles. The first-order valence-corrected chi connectivity index (χ1v) is 6.65. The van der Waals surface area contributed by atoms with Gasteiger partial charge in [0.2, 0.25) is 0 Å². The molecule has 0 saturated carbocycles. The first-order chi connectivity index (χ1) is 9.16. The van der Waals surface area contributed by atoms with E-state index >= 15 is 0 Å². The minimum absolute atomic E-state index is 0.0398. The first kappa shape index (κ1) is 13.6. The molecule has 1 atom stereocenters. The molecule has 0 aliphatic carbocycles. The SMILES string of the molecule is Nc1cc(NCCC2CCCNC2)ccc1[N+](=O)[O-]. The summed E-state index contributed by atoms with van der Waals surface area (Å²) < 4.78 is 0. The summed E-state index contributed by atoms with van der Waals surface area (Å²) in [6, 6.07) is 4.77. The molecule has 1 aromatic carbocycles. The zero-order chi connectivity index (χ0) is 13.7. The number of nitrogens with two attached hydrogens (primary N) is 1. The molecule has 0 amide bonds. The third-order valence-corrected chi connectivity index (χ3v) is 3.50. The average Bonchev–Trinajstić information content (AvgIpc) is 2.39. The van der Waals surface area contributed by atoms with Crippen LogP contribution in [0.2, 0.25) is 0 Å². The van der Waals surface area contributed by atoms with Crippen LogP contribution in [0.5, 0.6) is 0 Å². The van der Waals surface area contributed by atoms with E-state index in [1.807, 2.05) is 0 Å². The van der Waals surface area contributed by atoms with Crippen molar-refractivity contribution in [1.82, 2.24) is 5.32 Å². The molecule has 1 unspecified atom stereocenters. The highest BCUT2D eigenvalue weighted by molar-refractivity contribution is 5.65. The van der Waals surface area contributed by atoms with Crippen molar-refractivity contribution >= 4 is 17.1 Å². The Morgan fingerprint density at radius 2 is 2.37 bits per heavy atom. The third kappa shape index (κ3) is 3.82. The van der Waals surface area contributed by atoms with Gasteiger partial charge in [-0.2, -0.15) is 0 Å². The highest BCUT2D eigenvalue weighted by Crippen LogP contribution is 2.24. The molecule has 0 bridgehead atoms. The van der Waals surface area contributed by atoms with Gasteiger partial charge in [0.1, 0.15) is 5.69 Å². The van der Waals surface area contributed by atoms with E-state index in [1.54, 1.807) is 12.1 Å². The molecule has 1 heterocycles. The van der Waals surface area contributed by atoms with Gasteiger partial charge in [0, 0.05) is 18.3 Å². The van der Waals surface area contributed by atoms with Crippen LogP contribution in [0, 0.1) is 16.0 Å². The molecule has 2 rings (SSSR count). The highest BCUT2D eigenvalue weighted by atomic mass is 16.6. The number of hydrogen-bond donors (Lipinski definition) is 3. The number of nitro benzene ring substituents is 1. The molecule has 104 valence electrons. The normalized spacial score (nSPS) is 19.1. The third-order valence-electron chi connectivity index (χ3n) is 3.50. The number of nitrogen functional groups attached to an aromatic ring is 1. The predicted molar refractivity (Wildman–Crippen MR) is 76.2 cm³/mol. The fourth-order valence-corrected chi connectivity index (χ4v) is 2.42. The molecule has 1 aliphatic rings. The van der Waals surface area contributed by atoms with E-state index in [0.717, 1.165) is 37.7 Å². The van der Waals surface area contributed by atoms with E-state index < -0.39 is 4.92 Å². The second kappa shape index (κ2) is 6.38. The van der Waals surface area contributed by atoms with E-state index in [2.05, 4.69) is 10.6 Å². The zero-order valence-corrected chi connectivity index (χ0v) is 10.9. The maximum Gasteiger partial charge on any atom is 0.292 e. The van der Waals surface area contributed by atoms with Crippen molar-refractivity contribution in [3.05, 3.63) is 28.3 Å². The van der Waals surface area contributed by atoms with Crippen molar-refractivity contribution in [2.75, 3.05) is 30.7 Å². The van der Waals surface area contributed by atoms with Gasteiger partial charge < -0.3 is 16.4 Å². The van der Waals surface area contributed by atoms with Crippen molar-refractivity contribution < 1.29 is 4.92 Å². The molecule has 0 spiro atoms. The summed E-state index contributed by atoms with van der Waals surface area (Å²) in [6.45, 7) is 3.08. The molecule has 19 heavy (non-hydrogen) atoms. The van der Waals surface area contributed by atoms with Gasteiger partial charge in [-0.1, -0.05) is 0 Å². The van der Waals surface area contributed by atoms with Crippen LogP contribution in [0.4, 0.5) is 17.1 Å². The van der Waals surface area contributed by atoms with Crippen LogP contribution < -0.4 is 16.4 Å². The van der Waals surface area contributed by atoms with E-state index in [-0.39, 0.29) is 11.4 Å². The second-order valence-corrected chi connectivity index (χ2v) is 4.96. The van der Waals surface area contributed by atoms with Crippen LogP contribution in [-0.2, 0) is 0 Å². The van der Waals surface area contributed by atoms with Gasteiger partial charge in [-0.05, 0) is 50.4 Å².